The van der Waals surface area contributed by atoms with Gasteiger partial charge in [-0.2, -0.15) is 0 Å². The molecule has 0 fully saturated rings. The highest BCUT2D eigenvalue weighted by molar-refractivity contribution is 5.80. The Morgan fingerprint density at radius 2 is 2.12 bits per heavy atom. The lowest BCUT2D eigenvalue weighted by Crippen LogP contribution is -1.99. The average molecular weight is 218 g/mol. The van der Waals surface area contributed by atoms with Gasteiger partial charge in [-0.05, 0) is 29.8 Å². The van der Waals surface area contributed by atoms with Gasteiger partial charge in [-0.3, -0.25) is 0 Å². The summed E-state index contributed by atoms with van der Waals surface area (Å²) in [7, 11) is 0. The molecule has 0 radical (unpaired) electrons. The summed E-state index contributed by atoms with van der Waals surface area (Å²) in [5.74, 6) is 0.525. The van der Waals surface area contributed by atoms with Crippen LogP contribution in [0.1, 0.15) is 5.56 Å². The zero-order valence-electron chi connectivity index (χ0n) is 8.89. The Labute approximate surface area is 93.7 Å². The van der Waals surface area contributed by atoms with Crippen molar-refractivity contribution >= 4 is 16.7 Å². The van der Waals surface area contributed by atoms with Crippen molar-refractivity contribution in [1.82, 2.24) is 4.98 Å². The van der Waals surface area contributed by atoms with Crippen molar-refractivity contribution in [3.05, 3.63) is 35.9 Å². The molecule has 2 aromatic rings. The highest BCUT2D eigenvalue weighted by atomic mass is 16.5. The number of aliphatic hydroxyl groups is 1. The van der Waals surface area contributed by atoms with E-state index in [1.807, 2.05) is 24.3 Å². The third-order valence-electron chi connectivity index (χ3n) is 2.28. The molecule has 0 bridgehead atoms. The van der Waals surface area contributed by atoms with E-state index in [1.165, 1.54) is 0 Å². The number of nitrogens with two attached hydrogens (primary N) is 1. The lowest BCUT2D eigenvalue weighted by Gasteiger charge is -2.04. The molecule has 0 aliphatic carbocycles. The van der Waals surface area contributed by atoms with Crippen molar-refractivity contribution in [3.63, 3.8) is 0 Å². The molecule has 1 aromatic heterocycles. The van der Waals surface area contributed by atoms with Crippen LogP contribution in [0.3, 0.4) is 0 Å². The van der Waals surface area contributed by atoms with E-state index < -0.39 is 0 Å². The molecular weight excluding hydrogens is 204 g/mol. The zero-order valence-corrected chi connectivity index (χ0v) is 8.89. The molecule has 0 atom stereocenters. The average Bonchev–Trinajstić information content (AvgIpc) is 2.29. The normalized spacial score (nSPS) is 10.8. The lowest BCUT2D eigenvalue weighted by atomic mass is 10.1. The van der Waals surface area contributed by atoms with Gasteiger partial charge in [0, 0.05) is 5.39 Å². The first-order chi connectivity index (χ1) is 7.79. The van der Waals surface area contributed by atoms with Crippen LogP contribution in [-0.4, -0.2) is 23.3 Å². The first-order valence-corrected chi connectivity index (χ1v) is 5.13. The molecule has 4 heteroatoms. The van der Waals surface area contributed by atoms with Gasteiger partial charge in [0.25, 0.3) is 0 Å². The summed E-state index contributed by atoms with van der Waals surface area (Å²) < 4.78 is 5.25. The van der Waals surface area contributed by atoms with Crippen LogP contribution < -0.4 is 5.73 Å². The summed E-state index contributed by atoms with van der Waals surface area (Å²) in [6.45, 7) is 0.907. The van der Waals surface area contributed by atoms with E-state index in [4.69, 9.17) is 15.6 Å². The van der Waals surface area contributed by atoms with Crippen molar-refractivity contribution in [1.29, 1.82) is 0 Å². The molecule has 16 heavy (non-hydrogen) atoms. The van der Waals surface area contributed by atoms with Crippen LogP contribution in [0.25, 0.3) is 10.9 Å². The van der Waals surface area contributed by atoms with E-state index in [-0.39, 0.29) is 6.61 Å². The summed E-state index contributed by atoms with van der Waals surface area (Å²) in [5, 5.41) is 9.64. The third-order valence-corrected chi connectivity index (χ3v) is 2.28. The van der Waals surface area contributed by atoms with Crippen LogP contribution in [0, 0.1) is 0 Å². The van der Waals surface area contributed by atoms with E-state index in [9.17, 15) is 0 Å². The van der Waals surface area contributed by atoms with Crippen LogP contribution >= 0.6 is 0 Å². The number of anilines is 1. The monoisotopic (exact) mass is 218 g/mol. The minimum absolute atomic E-state index is 0.0473. The van der Waals surface area contributed by atoms with Gasteiger partial charge in [0.05, 0.1) is 25.3 Å². The maximum Gasteiger partial charge on any atom is 0.124 e. The number of fused-ring (bicyclic) bond motifs is 1. The fourth-order valence-electron chi connectivity index (χ4n) is 1.54. The molecule has 0 spiro atoms. The van der Waals surface area contributed by atoms with Crippen LogP contribution in [0.5, 0.6) is 0 Å². The van der Waals surface area contributed by atoms with E-state index in [2.05, 4.69) is 4.98 Å². The molecule has 2 rings (SSSR count). The Balaban J connectivity index is 2.20. The summed E-state index contributed by atoms with van der Waals surface area (Å²) in [5.41, 5.74) is 7.54. The number of nitrogens with zero attached hydrogens (tertiary/aromatic N) is 1. The molecule has 0 aliphatic rings. The van der Waals surface area contributed by atoms with Crippen LogP contribution in [-0.2, 0) is 11.3 Å². The van der Waals surface area contributed by atoms with Crippen molar-refractivity contribution < 1.29 is 9.84 Å². The standard InChI is InChI=1S/C12H14N2O2/c13-12-4-2-10-7-9(8-16-6-5-15)1-3-11(10)14-12/h1-4,7,15H,5-6,8H2,(H2,13,14). The van der Waals surface area contributed by atoms with Crippen molar-refractivity contribution in [2.75, 3.05) is 18.9 Å². The number of hydrogen-bond donors (Lipinski definition) is 2. The van der Waals surface area contributed by atoms with Gasteiger partial charge >= 0.3 is 0 Å². The summed E-state index contributed by atoms with van der Waals surface area (Å²) >= 11 is 0. The second-order valence-corrected chi connectivity index (χ2v) is 3.54. The van der Waals surface area contributed by atoms with Crippen LogP contribution in [0.4, 0.5) is 5.82 Å². The van der Waals surface area contributed by atoms with Crippen molar-refractivity contribution in [2.45, 2.75) is 6.61 Å². The number of benzene rings is 1. The summed E-state index contributed by atoms with van der Waals surface area (Å²) in [6, 6.07) is 9.60. The number of ether oxygens (including phenoxy) is 1. The minimum atomic E-state index is 0.0473. The second-order valence-electron chi connectivity index (χ2n) is 3.54. The van der Waals surface area contributed by atoms with E-state index in [0.717, 1.165) is 16.5 Å². The van der Waals surface area contributed by atoms with Crippen molar-refractivity contribution in [3.8, 4) is 0 Å². The highest BCUT2D eigenvalue weighted by Gasteiger charge is 1.98. The number of nitrogen functional groups attached to an aromatic ring is 1. The molecule has 84 valence electrons. The molecule has 4 nitrogen and oxygen atoms in total. The number of aromatic nitrogens is 1. The first-order valence-electron chi connectivity index (χ1n) is 5.13. The van der Waals surface area contributed by atoms with Crippen LogP contribution in [0.2, 0.25) is 0 Å². The lowest BCUT2D eigenvalue weighted by molar-refractivity contribution is 0.0816. The summed E-state index contributed by atoms with van der Waals surface area (Å²) in [4.78, 5) is 4.21. The topological polar surface area (TPSA) is 68.4 Å². The van der Waals surface area contributed by atoms with Crippen molar-refractivity contribution in [2.24, 2.45) is 0 Å². The van der Waals surface area contributed by atoms with Gasteiger partial charge in [-0.15, -0.1) is 0 Å². The predicted molar refractivity (Wildman–Crippen MR) is 62.9 cm³/mol. The fraction of sp³-hybridized carbons (Fsp3) is 0.250. The van der Waals surface area contributed by atoms with E-state index in [1.54, 1.807) is 6.07 Å². The molecule has 0 saturated heterocycles. The Bertz CT molecular complexity index is 485. The largest absolute Gasteiger partial charge is 0.394 e. The summed E-state index contributed by atoms with van der Waals surface area (Å²) in [6.07, 6.45) is 0. The maximum atomic E-state index is 8.60. The van der Waals surface area contributed by atoms with Crippen LogP contribution in [0.15, 0.2) is 30.3 Å². The van der Waals surface area contributed by atoms with Gasteiger partial charge in [0.1, 0.15) is 5.82 Å². The number of pyridine rings is 1. The number of aliphatic hydroxyl groups excluding tert-OH is 1. The molecule has 1 heterocycles. The molecule has 0 unspecified atom stereocenters. The molecule has 0 amide bonds. The van der Waals surface area contributed by atoms with Gasteiger partial charge in [-0.1, -0.05) is 6.07 Å². The molecule has 3 N–H and O–H groups in total. The Hall–Kier alpha value is -1.65. The molecule has 1 aromatic carbocycles. The van der Waals surface area contributed by atoms with Gasteiger partial charge in [0.15, 0.2) is 0 Å². The zero-order chi connectivity index (χ0) is 11.4. The molecular formula is C12H14N2O2. The van der Waals surface area contributed by atoms with Gasteiger partial charge in [0.2, 0.25) is 0 Å². The van der Waals surface area contributed by atoms with E-state index in [0.29, 0.717) is 19.0 Å². The minimum Gasteiger partial charge on any atom is -0.394 e. The Morgan fingerprint density at radius 3 is 2.94 bits per heavy atom. The first kappa shape index (κ1) is 10.9. The number of rotatable bonds is 4. The Morgan fingerprint density at radius 1 is 1.25 bits per heavy atom. The highest BCUT2D eigenvalue weighted by Crippen LogP contribution is 2.16. The molecule has 0 aliphatic heterocycles. The Kier molecular flexibility index (Phi) is 3.34. The van der Waals surface area contributed by atoms with Gasteiger partial charge < -0.3 is 15.6 Å². The van der Waals surface area contributed by atoms with E-state index >= 15 is 0 Å². The predicted octanol–water partition coefficient (Wildman–Crippen LogP) is 1.33. The SMILES string of the molecule is Nc1ccc2cc(COCCO)ccc2n1. The quantitative estimate of drug-likeness (QED) is 0.759. The van der Waals surface area contributed by atoms with Gasteiger partial charge in [-0.25, -0.2) is 4.98 Å². The smallest absolute Gasteiger partial charge is 0.124 e. The fourth-order valence-corrected chi connectivity index (χ4v) is 1.54. The maximum absolute atomic E-state index is 8.60. The second kappa shape index (κ2) is 4.92. The molecule has 0 saturated carbocycles. The number of hydrogen-bond acceptors (Lipinski definition) is 4. The third kappa shape index (κ3) is 2.48.